The molecule has 2 aromatic heterocycles. The van der Waals surface area contributed by atoms with Gasteiger partial charge in [-0.2, -0.15) is 0 Å². The molecule has 5 nitrogen and oxygen atoms in total. The zero-order valence-corrected chi connectivity index (χ0v) is 18.6. The second-order valence-electron chi connectivity index (χ2n) is 7.80. The summed E-state index contributed by atoms with van der Waals surface area (Å²) in [5.74, 6) is 0.682. The Morgan fingerprint density at radius 2 is 1.90 bits per heavy atom. The van der Waals surface area contributed by atoms with Gasteiger partial charge in [-0.3, -0.25) is 4.98 Å². The van der Waals surface area contributed by atoms with Crippen LogP contribution < -0.4 is 15.8 Å². The van der Waals surface area contributed by atoms with Crippen LogP contribution in [0.3, 0.4) is 0 Å². The topological polar surface area (TPSA) is 73.1 Å². The molecule has 1 aliphatic heterocycles. The van der Waals surface area contributed by atoms with Crippen molar-refractivity contribution in [2.75, 3.05) is 18.8 Å². The number of pyridine rings is 2. The normalized spacial score (nSPS) is 19.4. The van der Waals surface area contributed by atoms with Crippen molar-refractivity contribution >= 4 is 29.0 Å². The largest absolute Gasteiger partial charge is 0.482 e. The van der Waals surface area contributed by atoms with E-state index in [2.05, 4.69) is 15.3 Å². The molecule has 0 aliphatic carbocycles. The van der Waals surface area contributed by atoms with Crippen LogP contribution in [-0.4, -0.2) is 28.7 Å². The van der Waals surface area contributed by atoms with Crippen LogP contribution in [-0.2, 0) is 6.42 Å². The summed E-state index contributed by atoms with van der Waals surface area (Å²) < 4.78 is 20.7. The summed E-state index contributed by atoms with van der Waals surface area (Å²) in [6, 6.07) is 10.9. The lowest BCUT2D eigenvalue weighted by molar-refractivity contribution is 0.189. The maximum atomic E-state index is 14.7. The summed E-state index contributed by atoms with van der Waals surface area (Å²) in [4.78, 5) is 8.70. The van der Waals surface area contributed by atoms with E-state index >= 15 is 0 Å². The maximum absolute atomic E-state index is 14.7. The van der Waals surface area contributed by atoms with Crippen LogP contribution in [0, 0.1) is 0 Å². The van der Waals surface area contributed by atoms with Crippen LogP contribution in [0.2, 0.25) is 10.0 Å². The summed E-state index contributed by atoms with van der Waals surface area (Å²) in [6.07, 6.45) is 3.75. The van der Waals surface area contributed by atoms with Gasteiger partial charge in [0.15, 0.2) is 11.6 Å². The lowest BCUT2D eigenvalue weighted by Crippen LogP contribution is -2.29. The van der Waals surface area contributed by atoms with Gasteiger partial charge < -0.3 is 15.8 Å². The van der Waals surface area contributed by atoms with E-state index in [1.165, 1.54) is 0 Å². The first kappa shape index (κ1) is 21.8. The lowest BCUT2D eigenvalue weighted by atomic mass is 9.98. The van der Waals surface area contributed by atoms with E-state index in [1.807, 2.05) is 19.1 Å². The van der Waals surface area contributed by atoms with Gasteiger partial charge in [-0.1, -0.05) is 35.3 Å². The Bertz CT molecular complexity index is 1050. The van der Waals surface area contributed by atoms with Crippen molar-refractivity contribution in [2.24, 2.45) is 0 Å². The number of halogens is 3. The minimum atomic E-state index is -1.23. The highest BCUT2D eigenvalue weighted by Crippen LogP contribution is 2.35. The third kappa shape index (κ3) is 4.92. The Balaban J connectivity index is 1.53. The number of rotatable bonds is 6. The van der Waals surface area contributed by atoms with Crippen LogP contribution in [0.25, 0.3) is 11.1 Å². The SMILES string of the molecule is CC(Oc1cc(-c2ccc(CC3(F)CCNC3)nc2)cnc1N)c1c(Cl)cccc1Cl. The van der Waals surface area contributed by atoms with E-state index in [9.17, 15) is 4.39 Å². The quantitative estimate of drug-likeness (QED) is 0.513. The van der Waals surface area contributed by atoms with E-state index in [-0.39, 0.29) is 5.82 Å². The molecule has 0 saturated carbocycles. The number of nitrogens with one attached hydrogen (secondary N) is 1. The number of benzene rings is 1. The van der Waals surface area contributed by atoms with E-state index in [0.717, 1.165) is 16.8 Å². The first-order valence-electron chi connectivity index (χ1n) is 10.1. The van der Waals surface area contributed by atoms with Crippen LogP contribution >= 0.6 is 23.2 Å². The molecule has 3 aromatic rings. The summed E-state index contributed by atoms with van der Waals surface area (Å²) in [7, 11) is 0. The van der Waals surface area contributed by atoms with Crippen LogP contribution in [0.4, 0.5) is 10.2 Å². The standard InChI is InChI=1S/C23H23Cl2FN4O/c1-14(21-18(24)3-2-4-19(21)25)31-20-9-16(12-30-22(20)27)15-5-6-17(29-11-15)10-23(26)7-8-28-13-23/h2-6,9,11-12,14,28H,7-8,10,13H2,1H3,(H2,27,30). The molecular weight excluding hydrogens is 438 g/mol. The molecule has 8 heteroatoms. The van der Waals surface area contributed by atoms with Gasteiger partial charge in [0, 0.05) is 57.8 Å². The average molecular weight is 461 g/mol. The Kier molecular flexibility index (Phi) is 6.32. The summed E-state index contributed by atoms with van der Waals surface area (Å²) in [6.45, 7) is 2.92. The predicted octanol–water partition coefficient (Wildman–Crippen LogP) is 5.42. The highest BCUT2D eigenvalue weighted by atomic mass is 35.5. The van der Waals surface area contributed by atoms with Crippen LogP contribution in [0.15, 0.2) is 48.8 Å². The Morgan fingerprint density at radius 1 is 1.16 bits per heavy atom. The molecule has 0 amide bonds. The molecule has 1 aliphatic rings. The minimum Gasteiger partial charge on any atom is -0.482 e. The van der Waals surface area contributed by atoms with E-state index in [0.29, 0.717) is 47.3 Å². The molecule has 0 bridgehead atoms. The van der Waals surface area contributed by atoms with Gasteiger partial charge in [-0.05, 0) is 44.2 Å². The lowest BCUT2D eigenvalue weighted by Gasteiger charge is -2.19. The highest BCUT2D eigenvalue weighted by Gasteiger charge is 2.34. The van der Waals surface area contributed by atoms with Gasteiger partial charge in [0.05, 0.1) is 0 Å². The third-order valence-corrected chi connectivity index (χ3v) is 6.10. The number of alkyl halides is 1. The summed E-state index contributed by atoms with van der Waals surface area (Å²) >= 11 is 12.6. The number of nitrogens with two attached hydrogens (primary N) is 1. The van der Waals surface area contributed by atoms with Crippen LogP contribution in [0.5, 0.6) is 5.75 Å². The molecule has 31 heavy (non-hydrogen) atoms. The fraction of sp³-hybridized carbons (Fsp3) is 0.304. The summed E-state index contributed by atoms with van der Waals surface area (Å²) in [5.41, 5.74) is 7.83. The maximum Gasteiger partial charge on any atom is 0.166 e. The number of anilines is 1. The number of nitrogen functional groups attached to an aromatic ring is 1. The zero-order valence-electron chi connectivity index (χ0n) is 17.0. The van der Waals surface area contributed by atoms with Gasteiger partial charge in [-0.25, -0.2) is 9.37 Å². The molecule has 0 spiro atoms. The zero-order chi connectivity index (χ0) is 22.0. The molecule has 1 saturated heterocycles. The molecule has 4 rings (SSSR count). The van der Waals surface area contributed by atoms with E-state index < -0.39 is 11.8 Å². The Morgan fingerprint density at radius 3 is 2.55 bits per heavy atom. The molecule has 0 radical (unpaired) electrons. The van der Waals surface area contributed by atoms with Gasteiger partial charge in [0.25, 0.3) is 0 Å². The predicted molar refractivity (Wildman–Crippen MR) is 122 cm³/mol. The number of ether oxygens (including phenoxy) is 1. The number of aromatic nitrogens is 2. The van der Waals surface area contributed by atoms with Crippen LogP contribution in [0.1, 0.15) is 30.7 Å². The number of nitrogens with zero attached hydrogens (tertiary/aromatic N) is 2. The van der Waals surface area contributed by atoms with Gasteiger partial charge in [0.1, 0.15) is 11.8 Å². The average Bonchev–Trinajstić information content (AvgIpc) is 3.16. The number of hydrogen-bond donors (Lipinski definition) is 2. The molecule has 2 unspecified atom stereocenters. The fourth-order valence-corrected chi connectivity index (χ4v) is 4.45. The minimum absolute atomic E-state index is 0.261. The van der Waals surface area contributed by atoms with Gasteiger partial charge in [-0.15, -0.1) is 0 Å². The molecule has 1 fully saturated rings. The van der Waals surface area contributed by atoms with Crippen molar-refractivity contribution in [1.82, 2.24) is 15.3 Å². The molecular formula is C23H23Cl2FN4O. The monoisotopic (exact) mass is 460 g/mol. The van der Waals surface area contributed by atoms with Gasteiger partial charge in [0.2, 0.25) is 0 Å². The van der Waals surface area contributed by atoms with E-state index in [4.69, 9.17) is 33.7 Å². The van der Waals surface area contributed by atoms with Crippen molar-refractivity contribution in [2.45, 2.75) is 31.5 Å². The van der Waals surface area contributed by atoms with Crippen molar-refractivity contribution in [3.63, 3.8) is 0 Å². The Hall–Kier alpha value is -2.41. The highest BCUT2D eigenvalue weighted by molar-refractivity contribution is 6.36. The smallest absolute Gasteiger partial charge is 0.166 e. The molecule has 3 heterocycles. The fourth-order valence-electron chi connectivity index (χ4n) is 3.74. The van der Waals surface area contributed by atoms with Crippen molar-refractivity contribution in [1.29, 1.82) is 0 Å². The molecule has 1 aromatic carbocycles. The van der Waals surface area contributed by atoms with E-state index in [1.54, 1.807) is 36.7 Å². The van der Waals surface area contributed by atoms with Crippen molar-refractivity contribution < 1.29 is 9.13 Å². The molecule has 2 atom stereocenters. The Labute approximate surface area is 190 Å². The third-order valence-electron chi connectivity index (χ3n) is 5.44. The van der Waals surface area contributed by atoms with Gasteiger partial charge >= 0.3 is 0 Å². The second kappa shape index (κ2) is 8.99. The molecule has 162 valence electrons. The second-order valence-corrected chi connectivity index (χ2v) is 8.61. The van der Waals surface area contributed by atoms with Crippen molar-refractivity contribution in [3.05, 3.63) is 70.1 Å². The molecule has 3 N–H and O–H groups in total. The first-order chi connectivity index (χ1) is 14.8. The van der Waals surface area contributed by atoms with Crippen molar-refractivity contribution in [3.8, 4) is 16.9 Å². The summed E-state index contributed by atoms with van der Waals surface area (Å²) in [5, 5.41) is 4.10. The number of hydrogen-bond acceptors (Lipinski definition) is 5. The first-order valence-corrected chi connectivity index (χ1v) is 10.8.